The molecule has 0 aliphatic carbocycles. The minimum absolute atomic E-state index is 0.0654. The smallest absolute Gasteiger partial charge is 0.486 e. The van der Waals surface area contributed by atoms with E-state index in [2.05, 4.69) is 23.9 Å². The Morgan fingerprint density at radius 1 is 1.38 bits per heavy atom. The van der Waals surface area contributed by atoms with Crippen LogP contribution in [0.4, 0.5) is 4.39 Å². The van der Waals surface area contributed by atoms with Crippen LogP contribution < -0.4 is 10.2 Å². The van der Waals surface area contributed by atoms with Crippen molar-refractivity contribution in [3.8, 4) is 5.75 Å². The summed E-state index contributed by atoms with van der Waals surface area (Å²) in [7, 11) is -1.73. The number of rotatable bonds is 6. The Bertz CT molecular complexity index is 604. The lowest BCUT2D eigenvalue weighted by Gasteiger charge is -2.12. The summed E-state index contributed by atoms with van der Waals surface area (Å²) < 4.78 is 20.4. The molecule has 0 amide bonds. The Morgan fingerprint density at radius 2 is 2.14 bits per heavy atom. The van der Waals surface area contributed by atoms with E-state index in [0.29, 0.717) is 18.3 Å². The number of ether oxygens (including phenoxy) is 1. The maximum absolute atomic E-state index is 13.3. The van der Waals surface area contributed by atoms with Crippen LogP contribution >= 0.6 is 0 Å². The summed E-state index contributed by atoms with van der Waals surface area (Å²) in [6.07, 6.45) is 1.43. The number of benzene rings is 1. The van der Waals surface area contributed by atoms with Gasteiger partial charge in [0.2, 0.25) is 0 Å². The van der Waals surface area contributed by atoms with Gasteiger partial charge in [-0.15, -0.1) is 0 Å². The highest BCUT2D eigenvalue weighted by Gasteiger charge is 2.18. The van der Waals surface area contributed by atoms with E-state index in [1.54, 1.807) is 4.68 Å². The first-order valence-electron chi connectivity index (χ1n) is 6.62. The van der Waals surface area contributed by atoms with Crippen LogP contribution in [0.5, 0.6) is 5.75 Å². The van der Waals surface area contributed by atoms with Crippen molar-refractivity contribution in [3.05, 3.63) is 36.2 Å². The second-order valence-electron chi connectivity index (χ2n) is 5.10. The quantitative estimate of drug-likeness (QED) is 0.750. The maximum Gasteiger partial charge on any atom is 0.492 e. The van der Waals surface area contributed by atoms with Crippen molar-refractivity contribution in [1.82, 2.24) is 14.8 Å². The highest BCUT2D eigenvalue weighted by atomic mass is 19.1. The van der Waals surface area contributed by atoms with Gasteiger partial charge in [-0.3, -0.25) is 0 Å². The van der Waals surface area contributed by atoms with E-state index in [-0.39, 0.29) is 17.8 Å². The predicted molar refractivity (Wildman–Crippen MR) is 75.4 cm³/mol. The lowest BCUT2D eigenvalue weighted by atomic mass is 9.79. The number of hydrogen-bond acceptors (Lipinski definition) is 5. The van der Waals surface area contributed by atoms with E-state index in [1.165, 1.54) is 12.4 Å². The van der Waals surface area contributed by atoms with Crippen LogP contribution in [0.1, 0.15) is 19.7 Å². The molecule has 0 bridgehead atoms. The van der Waals surface area contributed by atoms with Crippen molar-refractivity contribution in [2.45, 2.75) is 27.0 Å². The highest BCUT2D eigenvalue weighted by Crippen LogP contribution is 2.13. The van der Waals surface area contributed by atoms with E-state index >= 15 is 0 Å². The van der Waals surface area contributed by atoms with Gasteiger partial charge in [-0.25, -0.2) is 14.1 Å². The van der Waals surface area contributed by atoms with Crippen molar-refractivity contribution in [2.75, 3.05) is 0 Å². The lowest BCUT2D eigenvalue weighted by Crippen LogP contribution is -2.31. The molecule has 21 heavy (non-hydrogen) atoms. The van der Waals surface area contributed by atoms with E-state index in [1.807, 2.05) is 0 Å². The first kappa shape index (κ1) is 15.5. The third-order valence-corrected chi connectivity index (χ3v) is 2.84. The Hall–Kier alpha value is -1.93. The standard InChI is InChI=1S/C13H17BFN3O3/c1-9(2)6-18-13(16-8-17-18)7-21-12-5-10(15)3-4-11(12)14(19)20/h3-5,8-9,19-20H,6-7H2,1-2H3. The van der Waals surface area contributed by atoms with Crippen molar-refractivity contribution in [2.24, 2.45) is 5.92 Å². The molecule has 2 N–H and O–H groups in total. The van der Waals surface area contributed by atoms with Crippen molar-refractivity contribution >= 4 is 12.6 Å². The second-order valence-corrected chi connectivity index (χ2v) is 5.10. The molecule has 0 unspecified atom stereocenters. The summed E-state index contributed by atoms with van der Waals surface area (Å²) in [6.45, 7) is 4.87. The molecule has 112 valence electrons. The van der Waals surface area contributed by atoms with Crippen LogP contribution in [0.25, 0.3) is 0 Å². The molecule has 2 rings (SSSR count). The SMILES string of the molecule is CC(C)Cn1ncnc1COc1cc(F)ccc1B(O)O. The summed E-state index contributed by atoms with van der Waals surface area (Å²) in [5, 5.41) is 22.6. The molecule has 0 aliphatic rings. The van der Waals surface area contributed by atoms with Gasteiger partial charge in [0.15, 0.2) is 5.82 Å². The Morgan fingerprint density at radius 3 is 2.81 bits per heavy atom. The summed E-state index contributed by atoms with van der Waals surface area (Å²) >= 11 is 0. The molecule has 0 aliphatic heterocycles. The molecule has 6 nitrogen and oxygen atoms in total. The van der Waals surface area contributed by atoms with Crippen LogP contribution in [0.15, 0.2) is 24.5 Å². The van der Waals surface area contributed by atoms with Gasteiger partial charge in [0.05, 0.1) is 0 Å². The van der Waals surface area contributed by atoms with Gasteiger partial charge in [-0.2, -0.15) is 5.10 Å². The van der Waals surface area contributed by atoms with Gasteiger partial charge in [0.25, 0.3) is 0 Å². The third-order valence-electron chi connectivity index (χ3n) is 2.84. The molecule has 0 radical (unpaired) electrons. The molecule has 0 saturated carbocycles. The zero-order valence-corrected chi connectivity index (χ0v) is 11.9. The van der Waals surface area contributed by atoms with Crippen LogP contribution in [-0.4, -0.2) is 31.9 Å². The number of aromatic nitrogens is 3. The maximum atomic E-state index is 13.3. The van der Waals surface area contributed by atoms with Gasteiger partial charge in [0, 0.05) is 18.1 Å². The molecule has 2 aromatic rings. The van der Waals surface area contributed by atoms with Gasteiger partial charge in [0.1, 0.15) is 24.5 Å². The summed E-state index contributed by atoms with van der Waals surface area (Å²) in [5.41, 5.74) is 0.103. The average molecular weight is 293 g/mol. The van der Waals surface area contributed by atoms with E-state index in [4.69, 9.17) is 4.74 Å². The molecular weight excluding hydrogens is 276 g/mol. The second kappa shape index (κ2) is 6.69. The third kappa shape index (κ3) is 4.02. The fraction of sp³-hybridized carbons (Fsp3) is 0.385. The molecule has 1 aromatic carbocycles. The largest absolute Gasteiger partial charge is 0.492 e. The fourth-order valence-electron chi connectivity index (χ4n) is 1.89. The van der Waals surface area contributed by atoms with Crippen molar-refractivity contribution in [3.63, 3.8) is 0 Å². The minimum atomic E-state index is -1.73. The normalized spacial score (nSPS) is 11.0. The van der Waals surface area contributed by atoms with Gasteiger partial charge in [-0.1, -0.05) is 19.9 Å². The molecule has 0 fully saturated rings. The first-order valence-corrected chi connectivity index (χ1v) is 6.62. The lowest BCUT2D eigenvalue weighted by molar-refractivity contribution is 0.282. The van der Waals surface area contributed by atoms with Crippen molar-refractivity contribution < 1.29 is 19.2 Å². The molecule has 1 aromatic heterocycles. The van der Waals surface area contributed by atoms with Crippen LogP contribution in [0.2, 0.25) is 0 Å². The Labute approximate surface area is 122 Å². The highest BCUT2D eigenvalue weighted by molar-refractivity contribution is 6.59. The zero-order chi connectivity index (χ0) is 15.4. The summed E-state index contributed by atoms with van der Waals surface area (Å²) in [6, 6.07) is 3.52. The number of nitrogens with zero attached hydrogens (tertiary/aromatic N) is 3. The van der Waals surface area contributed by atoms with Crippen LogP contribution in [0, 0.1) is 11.7 Å². The topological polar surface area (TPSA) is 80.4 Å². The van der Waals surface area contributed by atoms with E-state index in [0.717, 1.165) is 12.1 Å². The Kier molecular flexibility index (Phi) is 4.92. The average Bonchev–Trinajstić information content (AvgIpc) is 2.82. The molecule has 8 heteroatoms. The van der Waals surface area contributed by atoms with Crippen LogP contribution in [0.3, 0.4) is 0 Å². The van der Waals surface area contributed by atoms with Gasteiger partial charge < -0.3 is 14.8 Å². The molecule has 0 spiro atoms. The fourth-order valence-corrected chi connectivity index (χ4v) is 1.89. The zero-order valence-electron chi connectivity index (χ0n) is 11.9. The Balaban J connectivity index is 2.13. The van der Waals surface area contributed by atoms with E-state index < -0.39 is 12.9 Å². The molecule has 1 heterocycles. The monoisotopic (exact) mass is 293 g/mol. The van der Waals surface area contributed by atoms with E-state index in [9.17, 15) is 14.4 Å². The molecule has 0 atom stereocenters. The molecule has 0 saturated heterocycles. The van der Waals surface area contributed by atoms with Crippen molar-refractivity contribution in [1.29, 1.82) is 0 Å². The molecular formula is C13H17BFN3O3. The minimum Gasteiger partial charge on any atom is -0.486 e. The van der Waals surface area contributed by atoms with Gasteiger partial charge in [-0.05, 0) is 12.0 Å². The number of halogens is 1. The van der Waals surface area contributed by atoms with Gasteiger partial charge >= 0.3 is 7.12 Å². The summed E-state index contributed by atoms with van der Waals surface area (Å²) in [4.78, 5) is 4.09. The number of hydrogen-bond donors (Lipinski definition) is 2. The predicted octanol–water partition coefficient (Wildman–Crippen LogP) is 0.332. The summed E-state index contributed by atoms with van der Waals surface area (Å²) in [5.74, 6) is 0.544. The first-order chi connectivity index (χ1) is 9.97. The van der Waals surface area contributed by atoms with Crippen LogP contribution in [-0.2, 0) is 13.2 Å².